The summed E-state index contributed by atoms with van der Waals surface area (Å²) in [5.74, 6) is 0.279. The van der Waals surface area contributed by atoms with Gasteiger partial charge in [-0.25, -0.2) is 9.79 Å². The number of halogens is 1. The summed E-state index contributed by atoms with van der Waals surface area (Å²) in [4.78, 5) is 31.5. The Hall–Kier alpha value is -3.17. The first-order chi connectivity index (χ1) is 15.8. The van der Waals surface area contributed by atoms with Gasteiger partial charge in [-0.1, -0.05) is 29.5 Å². The maximum absolute atomic E-state index is 13.5. The van der Waals surface area contributed by atoms with E-state index in [0.29, 0.717) is 30.8 Å². The van der Waals surface area contributed by atoms with Crippen LogP contribution < -0.4 is 19.6 Å². The first kappa shape index (κ1) is 23.0. The molecule has 4 rings (SSSR count). The van der Waals surface area contributed by atoms with Gasteiger partial charge < -0.3 is 14.6 Å². The van der Waals surface area contributed by atoms with Crippen LogP contribution in [0.2, 0.25) is 0 Å². The van der Waals surface area contributed by atoms with E-state index < -0.39 is 12.0 Å². The third kappa shape index (κ3) is 4.38. The summed E-state index contributed by atoms with van der Waals surface area (Å²) in [5, 5.41) is 9.75. The Kier molecular flexibility index (Phi) is 6.53. The number of phenolic OH excluding ortho intramolecular Hbond substituents is 1. The molecule has 1 aliphatic rings. The molecule has 3 aromatic rings. The lowest BCUT2D eigenvalue weighted by molar-refractivity contribution is -0.139. The van der Waals surface area contributed by atoms with Crippen LogP contribution in [0.25, 0.3) is 6.08 Å². The van der Waals surface area contributed by atoms with Crippen molar-refractivity contribution in [1.29, 1.82) is 0 Å². The summed E-state index contributed by atoms with van der Waals surface area (Å²) in [6, 6.07) is 11.5. The molecule has 0 amide bonds. The third-order valence-electron chi connectivity index (χ3n) is 5.22. The predicted octanol–water partition coefficient (Wildman–Crippen LogP) is 3.28. The quantitative estimate of drug-likeness (QED) is 0.513. The minimum atomic E-state index is -0.681. The van der Waals surface area contributed by atoms with Crippen LogP contribution >= 0.6 is 27.3 Å². The first-order valence-corrected chi connectivity index (χ1v) is 11.8. The number of aromatic nitrogens is 1. The van der Waals surface area contributed by atoms with Crippen LogP contribution in [0.5, 0.6) is 11.5 Å². The highest BCUT2D eigenvalue weighted by Gasteiger charge is 2.33. The molecule has 1 N–H and O–H groups in total. The van der Waals surface area contributed by atoms with Gasteiger partial charge >= 0.3 is 5.97 Å². The second-order valence-electron chi connectivity index (χ2n) is 7.29. The van der Waals surface area contributed by atoms with Gasteiger partial charge in [0.1, 0.15) is 11.5 Å². The number of phenols is 1. The molecule has 0 saturated carbocycles. The molecular formula is C24H21BrN2O5S. The van der Waals surface area contributed by atoms with Crippen LogP contribution in [0.3, 0.4) is 0 Å². The fourth-order valence-corrected chi connectivity index (χ4v) is 5.10. The first-order valence-electron chi connectivity index (χ1n) is 10.2. The molecule has 0 saturated heterocycles. The maximum Gasteiger partial charge on any atom is 0.338 e. The lowest BCUT2D eigenvalue weighted by Crippen LogP contribution is -2.39. The molecule has 2 heterocycles. The van der Waals surface area contributed by atoms with Gasteiger partial charge in [-0.05, 0) is 71.2 Å². The highest BCUT2D eigenvalue weighted by Crippen LogP contribution is 2.31. The minimum absolute atomic E-state index is 0.114. The van der Waals surface area contributed by atoms with E-state index in [0.717, 1.165) is 11.1 Å². The SMILES string of the molecule is CCOC(=O)C1=C(C)N=c2s/c(=C\c3ccc(O)c(Br)c3)c(=O)n2[C@@H]1c1ccc(OC)cc1. The molecule has 2 aromatic carbocycles. The Balaban J connectivity index is 1.94. The molecule has 33 heavy (non-hydrogen) atoms. The van der Waals surface area contributed by atoms with Crippen molar-refractivity contribution in [3.05, 3.63) is 89.0 Å². The van der Waals surface area contributed by atoms with E-state index in [1.54, 1.807) is 57.4 Å². The topological polar surface area (TPSA) is 90.1 Å². The van der Waals surface area contributed by atoms with E-state index in [1.165, 1.54) is 15.9 Å². The van der Waals surface area contributed by atoms with Gasteiger partial charge in [0, 0.05) is 0 Å². The van der Waals surface area contributed by atoms with Gasteiger partial charge in [0.2, 0.25) is 0 Å². The van der Waals surface area contributed by atoms with Gasteiger partial charge in [-0.15, -0.1) is 0 Å². The molecule has 0 radical (unpaired) electrons. The Morgan fingerprint density at radius 3 is 2.64 bits per heavy atom. The predicted molar refractivity (Wildman–Crippen MR) is 129 cm³/mol. The van der Waals surface area contributed by atoms with Gasteiger partial charge in [-0.2, -0.15) is 0 Å². The Morgan fingerprint density at radius 1 is 1.27 bits per heavy atom. The summed E-state index contributed by atoms with van der Waals surface area (Å²) < 4.78 is 13.1. The molecule has 0 fully saturated rings. The summed E-state index contributed by atoms with van der Waals surface area (Å²) >= 11 is 4.54. The second-order valence-corrected chi connectivity index (χ2v) is 9.15. The Labute approximate surface area is 202 Å². The number of esters is 1. The monoisotopic (exact) mass is 528 g/mol. The standard InChI is InChI=1S/C24H21BrN2O5S/c1-4-32-23(30)20-13(2)26-24-27(21(20)15-6-8-16(31-3)9-7-15)22(29)19(33-24)12-14-5-10-18(28)17(25)11-14/h5-12,21,28H,4H2,1-3H3/b19-12-/t21-/m1/s1. The number of hydrogen-bond donors (Lipinski definition) is 1. The van der Waals surface area contributed by atoms with E-state index in [1.807, 2.05) is 12.1 Å². The minimum Gasteiger partial charge on any atom is -0.507 e. The molecule has 1 aromatic heterocycles. The van der Waals surface area contributed by atoms with Crippen molar-refractivity contribution < 1.29 is 19.4 Å². The number of benzene rings is 2. The number of methoxy groups -OCH3 is 1. The van der Waals surface area contributed by atoms with E-state index in [-0.39, 0.29) is 17.9 Å². The van der Waals surface area contributed by atoms with E-state index >= 15 is 0 Å². The zero-order chi connectivity index (χ0) is 23.7. The number of rotatable bonds is 5. The molecule has 9 heteroatoms. The average Bonchev–Trinajstić information content (AvgIpc) is 3.10. The Morgan fingerprint density at radius 2 is 2.00 bits per heavy atom. The lowest BCUT2D eigenvalue weighted by atomic mass is 9.96. The van der Waals surface area contributed by atoms with Crippen molar-refractivity contribution in [3.8, 4) is 11.5 Å². The van der Waals surface area contributed by atoms with Crippen molar-refractivity contribution in [2.45, 2.75) is 19.9 Å². The van der Waals surface area contributed by atoms with Crippen LogP contribution in [-0.4, -0.2) is 29.4 Å². The third-order valence-corrected chi connectivity index (χ3v) is 6.84. The fourth-order valence-electron chi connectivity index (χ4n) is 3.66. The van der Waals surface area contributed by atoms with Crippen molar-refractivity contribution in [2.24, 2.45) is 4.99 Å². The molecule has 1 aliphatic heterocycles. The number of carbonyl (C=O) groups excluding carboxylic acids is 1. The maximum atomic E-state index is 13.5. The van der Waals surface area contributed by atoms with Gasteiger partial charge in [-0.3, -0.25) is 9.36 Å². The van der Waals surface area contributed by atoms with E-state index in [2.05, 4.69) is 20.9 Å². The Bertz CT molecular complexity index is 1440. The number of allylic oxidation sites excluding steroid dienone is 1. The van der Waals surface area contributed by atoms with Crippen molar-refractivity contribution >= 4 is 39.3 Å². The number of carbonyl (C=O) groups is 1. The highest BCUT2D eigenvalue weighted by molar-refractivity contribution is 9.10. The van der Waals surface area contributed by atoms with Crippen LogP contribution in [-0.2, 0) is 9.53 Å². The van der Waals surface area contributed by atoms with Crippen LogP contribution in [0.1, 0.15) is 31.0 Å². The molecule has 0 spiro atoms. The molecule has 170 valence electrons. The second kappa shape index (κ2) is 9.36. The van der Waals surface area contributed by atoms with Gasteiger partial charge in [0.05, 0.1) is 40.0 Å². The van der Waals surface area contributed by atoms with E-state index in [9.17, 15) is 14.7 Å². The lowest BCUT2D eigenvalue weighted by Gasteiger charge is -2.24. The zero-order valence-corrected chi connectivity index (χ0v) is 20.6. The number of nitrogens with zero attached hydrogens (tertiary/aromatic N) is 2. The molecule has 1 atom stereocenters. The number of ether oxygens (including phenoxy) is 2. The molecule has 7 nitrogen and oxygen atoms in total. The summed E-state index contributed by atoms with van der Waals surface area (Å²) in [7, 11) is 1.58. The summed E-state index contributed by atoms with van der Waals surface area (Å²) in [6.45, 7) is 3.70. The van der Waals surface area contributed by atoms with Crippen molar-refractivity contribution in [2.75, 3.05) is 13.7 Å². The zero-order valence-electron chi connectivity index (χ0n) is 18.2. The molecule has 0 bridgehead atoms. The van der Waals surface area contributed by atoms with E-state index in [4.69, 9.17) is 9.47 Å². The van der Waals surface area contributed by atoms with Crippen LogP contribution in [0.4, 0.5) is 0 Å². The van der Waals surface area contributed by atoms with Crippen LogP contribution in [0.15, 0.2) is 68.0 Å². The normalized spacial score (nSPS) is 15.8. The van der Waals surface area contributed by atoms with Gasteiger partial charge in [0.15, 0.2) is 4.80 Å². The summed E-state index contributed by atoms with van der Waals surface area (Å²) in [6.07, 6.45) is 1.74. The highest BCUT2D eigenvalue weighted by atomic mass is 79.9. The average molecular weight is 529 g/mol. The fraction of sp³-hybridized carbons (Fsp3) is 0.208. The number of fused-ring (bicyclic) bond motifs is 1. The van der Waals surface area contributed by atoms with Crippen molar-refractivity contribution in [3.63, 3.8) is 0 Å². The van der Waals surface area contributed by atoms with Gasteiger partial charge in [0.25, 0.3) is 5.56 Å². The van der Waals surface area contributed by atoms with Crippen LogP contribution in [0, 0.1) is 0 Å². The molecule has 0 unspecified atom stereocenters. The van der Waals surface area contributed by atoms with Crippen molar-refractivity contribution in [1.82, 2.24) is 4.57 Å². The molecule has 0 aliphatic carbocycles. The number of aromatic hydroxyl groups is 1. The summed E-state index contributed by atoms with van der Waals surface area (Å²) in [5.41, 5.74) is 2.06. The number of hydrogen-bond acceptors (Lipinski definition) is 7. The largest absolute Gasteiger partial charge is 0.507 e. The number of thiazole rings is 1. The smallest absolute Gasteiger partial charge is 0.338 e. The molecular weight excluding hydrogens is 508 g/mol.